The van der Waals surface area contributed by atoms with Gasteiger partial charge in [0.15, 0.2) is 0 Å². The van der Waals surface area contributed by atoms with Crippen molar-refractivity contribution >= 4 is 5.97 Å². The number of hydrogen-bond donors (Lipinski definition) is 2. The maximum absolute atomic E-state index is 10.2. The Morgan fingerprint density at radius 1 is 1.36 bits per heavy atom. The van der Waals surface area contributed by atoms with Gasteiger partial charge in [-0.25, -0.2) is 0 Å². The van der Waals surface area contributed by atoms with E-state index in [4.69, 9.17) is 10.2 Å². The molecule has 3 nitrogen and oxygen atoms in total. The fourth-order valence-electron chi connectivity index (χ4n) is 0.823. The molecule has 0 saturated carbocycles. The zero-order valence-electron chi connectivity index (χ0n) is 5.82. The predicted molar refractivity (Wildman–Crippen MR) is 39.4 cm³/mol. The van der Waals surface area contributed by atoms with Crippen LogP contribution in [0, 0.1) is 0 Å². The Labute approximate surface area is 63.9 Å². The highest BCUT2D eigenvalue weighted by Gasteiger charge is 2.03. The largest absolute Gasteiger partial charge is 0.508 e. The zero-order valence-corrected chi connectivity index (χ0v) is 5.82. The molecule has 0 heterocycles. The molecule has 0 aliphatic carbocycles. The van der Waals surface area contributed by atoms with Crippen LogP contribution in [-0.2, 0) is 11.2 Å². The minimum absolute atomic E-state index is 0.0369. The van der Waals surface area contributed by atoms with Gasteiger partial charge in [-0.2, -0.15) is 0 Å². The lowest BCUT2D eigenvalue weighted by Crippen LogP contribution is -1.99. The molecule has 0 bridgehead atoms. The molecule has 0 aliphatic rings. The fourth-order valence-corrected chi connectivity index (χ4v) is 0.823. The van der Waals surface area contributed by atoms with E-state index in [1.54, 1.807) is 18.2 Å². The van der Waals surface area contributed by atoms with Gasteiger partial charge < -0.3 is 10.2 Å². The number of benzene rings is 1. The number of para-hydroxylation sites is 1. The molecule has 1 aromatic rings. The molecule has 0 aliphatic heterocycles. The topological polar surface area (TPSA) is 57.5 Å². The summed E-state index contributed by atoms with van der Waals surface area (Å²) in [4.78, 5) is 10.2. The van der Waals surface area contributed by atoms with Crippen molar-refractivity contribution in [3.63, 3.8) is 0 Å². The molecule has 3 heteroatoms. The van der Waals surface area contributed by atoms with Gasteiger partial charge in [-0.05, 0) is 6.07 Å². The number of rotatable bonds is 2. The standard InChI is InChI=1S/C8H8O3/c9-7-4-2-1-3-6(7)5-8(10)11/h1-4,9H,5H2,(H,10,11)/i1+1,2+1,3+1,4+1,6+1,7+1. The second-order valence-electron chi connectivity index (χ2n) is 2.20. The Hall–Kier alpha value is -1.51. The van der Waals surface area contributed by atoms with Crippen LogP contribution in [0.1, 0.15) is 5.56 Å². The number of carboxylic acids is 1. The summed E-state index contributed by atoms with van der Waals surface area (Å²) in [5, 5.41) is 17.5. The first-order chi connectivity index (χ1) is 5.20. The molecule has 2 N–H and O–H groups in total. The summed E-state index contributed by atoms with van der Waals surface area (Å²) in [6.45, 7) is 0. The van der Waals surface area contributed by atoms with E-state index in [2.05, 4.69) is 0 Å². The van der Waals surface area contributed by atoms with E-state index < -0.39 is 5.97 Å². The van der Waals surface area contributed by atoms with E-state index in [0.717, 1.165) is 0 Å². The Morgan fingerprint density at radius 3 is 2.55 bits per heavy atom. The molecule has 0 atom stereocenters. The molecule has 1 aromatic carbocycles. The monoisotopic (exact) mass is 158 g/mol. The summed E-state index contributed by atoms with van der Waals surface area (Å²) < 4.78 is 0. The highest BCUT2D eigenvalue weighted by molar-refractivity contribution is 5.71. The lowest BCUT2D eigenvalue weighted by Gasteiger charge is -1.98. The van der Waals surface area contributed by atoms with Crippen molar-refractivity contribution in [3.8, 4) is 5.75 Å². The van der Waals surface area contributed by atoms with E-state index in [1.807, 2.05) is 0 Å². The maximum Gasteiger partial charge on any atom is 0.307 e. The number of phenols is 1. The third-order valence-electron chi connectivity index (χ3n) is 1.33. The number of carboxylic acid groups (broad SMARTS) is 1. The van der Waals surface area contributed by atoms with Gasteiger partial charge in [0.25, 0.3) is 0 Å². The summed E-state index contributed by atoms with van der Waals surface area (Å²) >= 11 is 0. The molecular formula is C8H8O3. The van der Waals surface area contributed by atoms with Crippen LogP contribution in [-0.4, -0.2) is 16.2 Å². The van der Waals surface area contributed by atoms with Gasteiger partial charge in [-0.15, -0.1) is 0 Å². The van der Waals surface area contributed by atoms with Gasteiger partial charge in [-0.3, -0.25) is 4.79 Å². The highest BCUT2D eigenvalue weighted by Crippen LogP contribution is 2.15. The van der Waals surface area contributed by atoms with Gasteiger partial charge in [0.2, 0.25) is 0 Å². The normalized spacial score (nSPS) is 9.45. The van der Waals surface area contributed by atoms with E-state index >= 15 is 0 Å². The summed E-state index contributed by atoms with van der Waals surface area (Å²) in [7, 11) is 0. The van der Waals surface area contributed by atoms with Crippen LogP contribution in [0.3, 0.4) is 0 Å². The Kier molecular flexibility index (Phi) is 2.11. The average Bonchev–Trinajstić information content (AvgIpc) is 1.93. The summed E-state index contributed by atoms with van der Waals surface area (Å²) in [6, 6.07) is 6.40. The lowest BCUT2D eigenvalue weighted by atomic mass is 10.6. The van der Waals surface area contributed by atoms with E-state index in [-0.39, 0.29) is 12.2 Å². The molecule has 11 heavy (non-hydrogen) atoms. The van der Waals surface area contributed by atoms with Gasteiger partial charge in [-0.1, -0.05) is 18.2 Å². The molecule has 0 spiro atoms. The van der Waals surface area contributed by atoms with E-state index in [1.165, 1.54) is 6.07 Å². The van der Waals surface area contributed by atoms with Crippen LogP contribution in [0.2, 0.25) is 0 Å². The second-order valence-corrected chi connectivity index (χ2v) is 2.20. The zero-order chi connectivity index (χ0) is 8.27. The van der Waals surface area contributed by atoms with Crippen molar-refractivity contribution in [1.82, 2.24) is 0 Å². The van der Waals surface area contributed by atoms with Crippen LogP contribution < -0.4 is 0 Å². The van der Waals surface area contributed by atoms with Crippen LogP contribution >= 0.6 is 0 Å². The Bertz CT molecular complexity index is 268. The minimum Gasteiger partial charge on any atom is -0.508 e. The first-order valence-electron chi connectivity index (χ1n) is 3.19. The highest BCUT2D eigenvalue weighted by atomic mass is 16.4. The third-order valence-corrected chi connectivity index (χ3v) is 1.33. The molecule has 0 amide bonds. The molecule has 0 aromatic heterocycles. The number of hydrogen-bond acceptors (Lipinski definition) is 2. The molecular weight excluding hydrogens is 150 g/mol. The molecule has 1 rings (SSSR count). The quantitative estimate of drug-likeness (QED) is 0.675. The van der Waals surface area contributed by atoms with E-state index in [0.29, 0.717) is 5.56 Å². The smallest absolute Gasteiger partial charge is 0.307 e. The summed E-state index contributed by atoms with van der Waals surface area (Å²) in [5.41, 5.74) is 0.444. The van der Waals surface area contributed by atoms with Crippen molar-refractivity contribution in [3.05, 3.63) is 29.8 Å². The Balaban J connectivity index is 2.86. The molecule has 0 fully saturated rings. The minimum atomic E-state index is -0.938. The van der Waals surface area contributed by atoms with Gasteiger partial charge in [0.05, 0.1) is 6.42 Å². The molecule has 0 saturated heterocycles. The van der Waals surface area contributed by atoms with Crippen molar-refractivity contribution in [2.45, 2.75) is 6.42 Å². The van der Waals surface area contributed by atoms with Crippen molar-refractivity contribution in [2.75, 3.05) is 0 Å². The number of aliphatic carboxylic acids is 1. The van der Waals surface area contributed by atoms with Crippen LogP contribution in [0.4, 0.5) is 0 Å². The van der Waals surface area contributed by atoms with Crippen molar-refractivity contribution in [1.29, 1.82) is 0 Å². The van der Waals surface area contributed by atoms with E-state index in [9.17, 15) is 4.79 Å². The van der Waals surface area contributed by atoms with Crippen LogP contribution in [0.5, 0.6) is 5.75 Å². The van der Waals surface area contributed by atoms with Crippen LogP contribution in [0.25, 0.3) is 0 Å². The third kappa shape index (κ3) is 1.97. The first-order valence-corrected chi connectivity index (χ1v) is 3.19. The SMILES string of the molecule is O=C(O)C[13c]1[13cH][13cH][13cH][13cH][13c]1O. The summed E-state index contributed by atoms with van der Waals surface area (Å²) in [6.07, 6.45) is -0.132. The van der Waals surface area contributed by atoms with Gasteiger partial charge in [0.1, 0.15) is 5.75 Å². The predicted octanol–water partition coefficient (Wildman–Crippen LogP) is 1.02. The lowest BCUT2D eigenvalue weighted by molar-refractivity contribution is -0.136. The fraction of sp³-hybridized carbons (Fsp3) is 0.125. The number of carbonyl (C=O) groups is 1. The molecule has 0 radical (unpaired) electrons. The number of phenolic OH excluding ortho intramolecular Hbond substituents is 1. The van der Waals surface area contributed by atoms with Crippen molar-refractivity contribution < 1.29 is 15.0 Å². The van der Waals surface area contributed by atoms with Crippen molar-refractivity contribution in [2.24, 2.45) is 0 Å². The Morgan fingerprint density at radius 2 is 2.00 bits per heavy atom. The maximum atomic E-state index is 10.2. The number of aromatic hydroxyl groups is 1. The van der Waals surface area contributed by atoms with Gasteiger partial charge >= 0.3 is 5.97 Å². The van der Waals surface area contributed by atoms with Gasteiger partial charge in [0, 0.05) is 5.56 Å². The molecule has 58 valence electrons. The molecule has 0 unspecified atom stereocenters. The first kappa shape index (κ1) is 7.60. The second kappa shape index (κ2) is 3.05. The summed E-state index contributed by atoms with van der Waals surface area (Å²) in [5.74, 6) is -0.901. The average molecular weight is 158 g/mol. The van der Waals surface area contributed by atoms with Crippen LogP contribution in [0.15, 0.2) is 24.3 Å².